The lowest BCUT2D eigenvalue weighted by Crippen LogP contribution is -2.30. The molecule has 0 saturated heterocycles. The summed E-state index contributed by atoms with van der Waals surface area (Å²) in [6.07, 6.45) is 1.80. The summed E-state index contributed by atoms with van der Waals surface area (Å²) in [4.78, 5) is 2.46. The van der Waals surface area contributed by atoms with Gasteiger partial charge in [0.05, 0.1) is 5.69 Å². The zero-order chi connectivity index (χ0) is 15.2. The number of nitrogens with zero attached hydrogens (tertiary/aromatic N) is 2. The molecule has 0 amide bonds. The second-order valence-corrected chi connectivity index (χ2v) is 7.00. The summed E-state index contributed by atoms with van der Waals surface area (Å²) >= 11 is 0. The summed E-state index contributed by atoms with van der Waals surface area (Å²) in [6.45, 7) is 4.27. The van der Waals surface area contributed by atoms with Crippen LogP contribution in [0, 0.1) is 0 Å². The lowest BCUT2D eigenvalue weighted by atomic mass is 10.2. The molecule has 2 N–H and O–H groups in total. The van der Waals surface area contributed by atoms with Gasteiger partial charge in [0.15, 0.2) is 0 Å². The van der Waals surface area contributed by atoms with Gasteiger partial charge < -0.3 is 10.6 Å². The number of rotatable bonds is 8. The van der Waals surface area contributed by atoms with Gasteiger partial charge in [-0.1, -0.05) is 19.1 Å². The van der Waals surface area contributed by atoms with Crippen LogP contribution in [0.25, 0.3) is 0 Å². The molecule has 0 radical (unpaired) electrons. The van der Waals surface area contributed by atoms with Crippen LogP contribution in [-0.2, 0) is 10.0 Å². The van der Waals surface area contributed by atoms with E-state index in [1.807, 2.05) is 12.1 Å². The molecular weight excluding hydrogens is 274 g/mol. The zero-order valence-electron chi connectivity index (χ0n) is 12.5. The van der Waals surface area contributed by atoms with Gasteiger partial charge >= 0.3 is 0 Å². The quantitative estimate of drug-likeness (QED) is 0.790. The Morgan fingerprint density at radius 2 is 1.80 bits per heavy atom. The van der Waals surface area contributed by atoms with Gasteiger partial charge in [-0.05, 0) is 31.5 Å². The number of benzene rings is 1. The second kappa shape index (κ2) is 7.61. The van der Waals surface area contributed by atoms with Crippen molar-refractivity contribution in [3.05, 3.63) is 24.3 Å². The fourth-order valence-corrected chi connectivity index (χ4v) is 3.14. The monoisotopic (exact) mass is 299 g/mol. The molecule has 0 fully saturated rings. The number of sulfonamides is 1. The fraction of sp³-hybridized carbons (Fsp3) is 0.571. The molecule has 0 spiro atoms. The van der Waals surface area contributed by atoms with Crippen molar-refractivity contribution in [3.63, 3.8) is 0 Å². The van der Waals surface area contributed by atoms with E-state index in [4.69, 9.17) is 5.73 Å². The van der Waals surface area contributed by atoms with Crippen molar-refractivity contribution < 1.29 is 8.42 Å². The van der Waals surface area contributed by atoms with Gasteiger partial charge in [-0.2, -0.15) is 0 Å². The van der Waals surface area contributed by atoms with Gasteiger partial charge in [0.2, 0.25) is 10.0 Å². The molecule has 6 heteroatoms. The third-order valence-corrected chi connectivity index (χ3v) is 4.95. The highest BCUT2D eigenvalue weighted by molar-refractivity contribution is 7.89. The summed E-state index contributed by atoms with van der Waals surface area (Å²) in [5.74, 6) is 0. The minimum absolute atomic E-state index is 0.357. The summed E-state index contributed by atoms with van der Waals surface area (Å²) in [5.41, 5.74) is 6.33. The van der Waals surface area contributed by atoms with Crippen LogP contribution in [0.4, 0.5) is 5.69 Å². The number of anilines is 1. The molecule has 0 saturated carbocycles. The van der Waals surface area contributed by atoms with Crippen molar-refractivity contribution >= 4 is 15.7 Å². The van der Waals surface area contributed by atoms with Crippen LogP contribution in [0.15, 0.2) is 29.2 Å². The number of para-hydroxylation sites is 1. The van der Waals surface area contributed by atoms with Gasteiger partial charge in [-0.25, -0.2) is 12.7 Å². The summed E-state index contributed by atoms with van der Waals surface area (Å²) in [7, 11) is -0.332. The van der Waals surface area contributed by atoms with Gasteiger partial charge in [0, 0.05) is 27.2 Å². The summed E-state index contributed by atoms with van der Waals surface area (Å²) < 4.78 is 26.1. The molecular formula is C14H25N3O2S. The van der Waals surface area contributed by atoms with Crippen molar-refractivity contribution in [2.75, 3.05) is 38.6 Å². The Bertz CT molecular complexity index is 515. The van der Waals surface area contributed by atoms with E-state index in [1.54, 1.807) is 26.2 Å². The van der Waals surface area contributed by atoms with Crippen LogP contribution in [0.2, 0.25) is 0 Å². The molecule has 114 valence electrons. The Labute approximate surface area is 122 Å². The van der Waals surface area contributed by atoms with Crippen molar-refractivity contribution in [2.24, 2.45) is 5.73 Å². The highest BCUT2D eigenvalue weighted by atomic mass is 32.2. The maximum Gasteiger partial charge on any atom is 0.244 e. The standard InChI is InChI=1S/C14H25N3O2S/c1-4-11-17(12-7-10-15)13-8-5-6-9-14(13)20(18,19)16(2)3/h5-6,8-9H,4,7,10-12,15H2,1-3H3. The van der Waals surface area contributed by atoms with E-state index in [0.717, 1.165) is 31.6 Å². The Kier molecular flexibility index (Phi) is 6.45. The Balaban J connectivity index is 3.22. The largest absolute Gasteiger partial charge is 0.370 e. The molecule has 0 aliphatic heterocycles. The molecule has 0 aromatic heterocycles. The Morgan fingerprint density at radius 1 is 1.15 bits per heavy atom. The number of hydrogen-bond acceptors (Lipinski definition) is 4. The van der Waals surface area contributed by atoms with Crippen LogP contribution >= 0.6 is 0 Å². The summed E-state index contributed by atoms with van der Waals surface area (Å²) in [6, 6.07) is 7.15. The maximum atomic E-state index is 12.4. The molecule has 0 heterocycles. The SMILES string of the molecule is CCCN(CCCN)c1ccccc1S(=O)(=O)N(C)C. The minimum Gasteiger partial charge on any atom is -0.370 e. The predicted octanol–water partition coefficient (Wildman–Crippen LogP) is 1.50. The van der Waals surface area contributed by atoms with Gasteiger partial charge in [0.25, 0.3) is 0 Å². The van der Waals surface area contributed by atoms with Gasteiger partial charge in [0.1, 0.15) is 4.90 Å². The molecule has 1 aromatic rings. The van der Waals surface area contributed by atoms with E-state index in [0.29, 0.717) is 11.4 Å². The topological polar surface area (TPSA) is 66.6 Å². The maximum absolute atomic E-state index is 12.4. The second-order valence-electron chi connectivity index (χ2n) is 4.88. The first-order valence-corrected chi connectivity index (χ1v) is 8.35. The first-order chi connectivity index (χ1) is 9.45. The molecule has 0 atom stereocenters. The molecule has 0 aliphatic carbocycles. The van der Waals surface area contributed by atoms with E-state index in [9.17, 15) is 8.42 Å². The molecule has 0 unspecified atom stereocenters. The van der Waals surface area contributed by atoms with Gasteiger partial charge in [-0.15, -0.1) is 0 Å². The molecule has 1 aromatic carbocycles. The van der Waals surface area contributed by atoms with Crippen molar-refractivity contribution in [2.45, 2.75) is 24.7 Å². The third-order valence-electron chi connectivity index (χ3n) is 3.09. The highest BCUT2D eigenvalue weighted by Crippen LogP contribution is 2.27. The lowest BCUT2D eigenvalue weighted by Gasteiger charge is -2.27. The van der Waals surface area contributed by atoms with E-state index >= 15 is 0 Å². The molecule has 0 bridgehead atoms. The molecule has 5 nitrogen and oxygen atoms in total. The van der Waals surface area contributed by atoms with Crippen molar-refractivity contribution in [3.8, 4) is 0 Å². The minimum atomic E-state index is -3.44. The number of hydrogen-bond donors (Lipinski definition) is 1. The van der Waals surface area contributed by atoms with Crippen LogP contribution in [0.1, 0.15) is 19.8 Å². The zero-order valence-corrected chi connectivity index (χ0v) is 13.4. The highest BCUT2D eigenvalue weighted by Gasteiger charge is 2.23. The lowest BCUT2D eigenvalue weighted by molar-refractivity contribution is 0.520. The predicted molar refractivity (Wildman–Crippen MR) is 83.5 cm³/mol. The fourth-order valence-electron chi connectivity index (χ4n) is 2.04. The average molecular weight is 299 g/mol. The first-order valence-electron chi connectivity index (χ1n) is 6.91. The van der Waals surface area contributed by atoms with E-state index in [2.05, 4.69) is 11.8 Å². The Morgan fingerprint density at radius 3 is 2.35 bits per heavy atom. The number of nitrogens with two attached hydrogens (primary N) is 1. The van der Waals surface area contributed by atoms with Crippen LogP contribution in [-0.4, -0.2) is 46.5 Å². The van der Waals surface area contributed by atoms with E-state index in [-0.39, 0.29) is 0 Å². The summed E-state index contributed by atoms with van der Waals surface area (Å²) in [5, 5.41) is 0. The normalized spacial score (nSPS) is 11.8. The van der Waals surface area contributed by atoms with E-state index in [1.165, 1.54) is 4.31 Å². The van der Waals surface area contributed by atoms with E-state index < -0.39 is 10.0 Å². The molecule has 1 rings (SSSR count). The third kappa shape index (κ3) is 3.94. The first kappa shape index (κ1) is 16.9. The van der Waals surface area contributed by atoms with Crippen LogP contribution in [0.5, 0.6) is 0 Å². The molecule has 0 aliphatic rings. The van der Waals surface area contributed by atoms with Crippen LogP contribution < -0.4 is 10.6 Å². The van der Waals surface area contributed by atoms with Crippen molar-refractivity contribution in [1.82, 2.24) is 4.31 Å². The molecule has 20 heavy (non-hydrogen) atoms. The Hall–Kier alpha value is -1.11. The van der Waals surface area contributed by atoms with Crippen LogP contribution in [0.3, 0.4) is 0 Å². The average Bonchev–Trinajstić information content (AvgIpc) is 2.43. The van der Waals surface area contributed by atoms with Crippen molar-refractivity contribution in [1.29, 1.82) is 0 Å². The van der Waals surface area contributed by atoms with Gasteiger partial charge in [-0.3, -0.25) is 0 Å². The smallest absolute Gasteiger partial charge is 0.244 e.